The standard InChI is InChI=1S/C15H15FN2O/c1-10-8-13(11-4-2-3-5-12(11)16)18-14(17-10)15(9-19)6-7-15/h2-5,8,19H,6-7,9H2,1H3. The molecule has 0 saturated heterocycles. The van der Waals surface area contributed by atoms with E-state index in [4.69, 9.17) is 0 Å². The van der Waals surface area contributed by atoms with Crippen molar-refractivity contribution < 1.29 is 9.50 Å². The fourth-order valence-electron chi connectivity index (χ4n) is 2.22. The average Bonchev–Trinajstić information content (AvgIpc) is 3.19. The van der Waals surface area contributed by atoms with E-state index in [1.165, 1.54) is 6.07 Å². The van der Waals surface area contributed by atoms with Crippen molar-refractivity contribution in [3.05, 3.63) is 47.7 Å². The van der Waals surface area contributed by atoms with Crippen LogP contribution in [0.2, 0.25) is 0 Å². The molecule has 1 heterocycles. The zero-order valence-corrected chi connectivity index (χ0v) is 10.7. The molecule has 19 heavy (non-hydrogen) atoms. The third-order valence-electron chi connectivity index (χ3n) is 3.63. The molecule has 2 aromatic rings. The molecule has 1 saturated carbocycles. The Balaban J connectivity index is 2.11. The van der Waals surface area contributed by atoms with Crippen LogP contribution in [0.5, 0.6) is 0 Å². The van der Waals surface area contributed by atoms with Crippen LogP contribution in [0.3, 0.4) is 0 Å². The van der Waals surface area contributed by atoms with Crippen LogP contribution in [0.25, 0.3) is 11.3 Å². The Hall–Kier alpha value is -1.81. The Bertz CT molecular complexity index is 623. The van der Waals surface area contributed by atoms with Crippen LogP contribution in [-0.4, -0.2) is 21.7 Å². The summed E-state index contributed by atoms with van der Waals surface area (Å²) in [5.41, 5.74) is 1.55. The van der Waals surface area contributed by atoms with Gasteiger partial charge in [-0.1, -0.05) is 12.1 Å². The lowest BCUT2D eigenvalue weighted by Gasteiger charge is -2.13. The first-order valence-electron chi connectivity index (χ1n) is 6.36. The van der Waals surface area contributed by atoms with Crippen molar-refractivity contribution in [1.82, 2.24) is 9.97 Å². The predicted octanol–water partition coefficient (Wildman–Crippen LogP) is 2.62. The van der Waals surface area contributed by atoms with Crippen LogP contribution < -0.4 is 0 Å². The van der Waals surface area contributed by atoms with Gasteiger partial charge in [0.2, 0.25) is 0 Å². The fraction of sp³-hybridized carbons (Fsp3) is 0.333. The number of hydrogen-bond donors (Lipinski definition) is 1. The van der Waals surface area contributed by atoms with E-state index in [1.807, 2.05) is 6.92 Å². The molecule has 0 radical (unpaired) electrons. The molecule has 1 aliphatic rings. The van der Waals surface area contributed by atoms with Gasteiger partial charge in [-0.3, -0.25) is 0 Å². The monoisotopic (exact) mass is 258 g/mol. The maximum Gasteiger partial charge on any atom is 0.137 e. The van der Waals surface area contributed by atoms with Crippen LogP contribution in [-0.2, 0) is 5.41 Å². The average molecular weight is 258 g/mol. The minimum absolute atomic E-state index is 0.0488. The first-order valence-corrected chi connectivity index (χ1v) is 6.36. The highest BCUT2D eigenvalue weighted by Gasteiger charge is 2.46. The van der Waals surface area contributed by atoms with Crippen molar-refractivity contribution in [2.24, 2.45) is 0 Å². The van der Waals surface area contributed by atoms with Gasteiger partial charge in [0.1, 0.15) is 11.6 Å². The fourth-order valence-corrected chi connectivity index (χ4v) is 2.22. The Morgan fingerprint density at radius 1 is 1.26 bits per heavy atom. The van der Waals surface area contributed by atoms with Crippen molar-refractivity contribution in [2.75, 3.05) is 6.61 Å². The summed E-state index contributed by atoms with van der Waals surface area (Å²) in [6.07, 6.45) is 1.79. The first-order chi connectivity index (χ1) is 9.14. The van der Waals surface area contributed by atoms with Gasteiger partial charge < -0.3 is 5.11 Å². The van der Waals surface area contributed by atoms with Crippen molar-refractivity contribution in [2.45, 2.75) is 25.2 Å². The topological polar surface area (TPSA) is 46.0 Å². The number of benzene rings is 1. The number of rotatable bonds is 3. The SMILES string of the molecule is Cc1cc(-c2ccccc2F)nc(C2(CO)CC2)n1. The molecular weight excluding hydrogens is 243 g/mol. The van der Waals surface area contributed by atoms with E-state index < -0.39 is 0 Å². The van der Waals surface area contributed by atoms with Gasteiger partial charge in [-0.25, -0.2) is 14.4 Å². The molecule has 1 aromatic heterocycles. The summed E-state index contributed by atoms with van der Waals surface area (Å²) in [7, 11) is 0. The van der Waals surface area contributed by atoms with Gasteiger partial charge in [-0.15, -0.1) is 0 Å². The van der Waals surface area contributed by atoms with Crippen LogP contribution in [0, 0.1) is 12.7 Å². The summed E-state index contributed by atoms with van der Waals surface area (Å²) in [5, 5.41) is 9.46. The lowest BCUT2D eigenvalue weighted by Crippen LogP contribution is -2.17. The van der Waals surface area contributed by atoms with Gasteiger partial charge in [0.05, 0.1) is 17.7 Å². The molecule has 98 valence electrons. The summed E-state index contributed by atoms with van der Waals surface area (Å²) in [6.45, 7) is 1.91. The number of hydrogen-bond acceptors (Lipinski definition) is 3. The Kier molecular flexibility index (Phi) is 2.82. The summed E-state index contributed by atoms with van der Waals surface area (Å²) >= 11 is 0. The van der Waals surface area contributed by atoms with Gasteiger partial charge in [-0.05, 0) is 38.0 Å². The van der Waals surface area contributed by atoms with Crippen LogP contribution in [0.15, 0.2) is 30.3 Å². The molecule has 3 nitrogen and oxygen atoms in total. The molecule has 1 N–H and O–H groups in total. The number of nitrogens with zero attached hydrogens (tertiary/aromatic N) is 2. The second kappa shape index (κ2) is 4.38. The third-order valence-corrected chi connectivity index (χ3v) is 3.63. The van der Waals surface area contributed by atoms with Gasteiger partial charge in [0.25, 0.3) is 0 Å². The predicted molar refractivity (Wildman–Crippen MR) is 70.2 cm³/mol. The zero-order chi connectivity index (χ0) is 13.5. The van der Waals surface area contributed by atoms with E-state index in [0.717, 1.165) is 18.5 Å². The molecule has 0 spiro atoms. The molecule has 0 atom stereocenters. The molecular formula is C15H15FN2O. The first kappa shape index (κ1) is 12.2. The van der Waals surface area contributed by atoms with Gasteiger partial charge in [-0.2, -0.15) is 0 Å². The highest BCUT2D eigenvalue weighted by atomic mass is 19.1. The molecule has 1 fully saturated rings. The van der Waals surface area contributed by atoms with Gasteiger partial charge in [0, 0.05) is 11.3 Å². The maximum atomic E-state index is 13.8. The summed E-state index contributed by atoms with van der Waals surface area (Å²) < 4.78 is 13.8. The zero-order valence-electron chi connectivity index (χ0n) is 10.7. The Morgan fingerprint density at radius 2 is 2.00 bits per heavy atom. The van der Waals surface area contributed by atoms with Crippen molar-refractivity contribution in [3.63, 3.8) is 0 Å². The quantitative estimate of drug-likeness (QED) is 0.920. The van der Waals surface area contributed by atoms with E-state index in [1.54, 1.807) is 24.3 Å². The minimum Gasteiger partial charge on any atom is -0.395 e. The van der Waals surface area contributed by atoms with E-state index >= 15 is 0 Å². The second-order valence-corrected chi connectivity index (χ2v) is 5.14. The molecule has 1 aliphatic carbocycles. The largest absolute Gasteiger partial charge is 0.395 e. The van der Waals surface area contributed by atoms with Gasteiger partial charge in [0.15, 0.2) is 0 Å². The second-order valence-electron chi connectivity index (χ2n) is 5.14. The summed E-state index contributed by atoms with van der Waals surface area (Å²) in [6, 6.07) is 8.35. The molecule has 1 aromatic carbocycles. The summed E-state index contributed by atoms with van der Waals surface area (Å²) in [4.78, 5) is 8.86. The smallest absolute Gasteiger partial charge is 0.137 e. The number of aliphatic hydroxyl groups excluding tert-OH is 1. The third kappa shape index (κ3) is 2.12. The molecule has 0 unspecified atom stereocenters. The Labute approximate surface area is 111 Å². The molecule has 0 amide bonds. The highest BCUT2D eigenvalue weighted by molar-refractivity contribution is 5.60. The number of aliphatic hydroxyl groups is 1. The molecule has 4 heteroatoms. The van der Waals surface area contributed by atoms with Crippen molar-refractivity contribution in [1.29, 1.82) is 0 Å². The number of halogens is 1. The highest BCUT2D eigenvalue weighted by Crippen LogP contribution is 2.46. The molecule has 3 rings (SSSR count). The van der Waals surface area contributed by atoms with E-state index in [2.05, 4.69) is 9.97 Å². The normalized spacial score (nSPS) is 16.4. The van der Waals surface area contributed by atoms with Crippen LogP contribution >= 0.6 is 0 Å². The minimum atomic E-state index is -0.300. The lowest BCUT2D eigenvalue weighted by atomic mass is 10.1. The van der Waals surface area contributed by atoms with Crippen molar-refractivity contribution >= 4 is 0 Å². The summed E-state index contributed by atoms with van der Waals surface area (Å²) in [5.74, 6) is 0.341. The Morgan fingerprint density at radius 3 is 2.63 bits per heavy atom. The molecule has 0 bridgehead atoms. The lowest BCUT2D eigenvalue weighted by molar-refractivity contribution is 0.249. The number of aryl methyl sites for hydroxylation is 1. The van der Waals surface area contributed by atoms with Crippen LogP contribution in [0.4, 0.5) is 4.39 Å². The van der Waals surface area contributed by atoms with Gasteiger partial charge >= 0.3 is 0 Å². The number of aromatic nitrogens is 2. The van der Waals surface area contributed by atoms with E-state index in [-0.39, 0.29) is 17.8 Å². The van der Waals surface area contributed by atoms with Crippen LogP contribution in [0.1, 0.15) is 24.4 Å². The molecule has 0 aliphatic heterocycles. The van der Waals surface area contributed by atoms with E-state index in [0.29, 0.717) is 17.1 Å². The van der Waals surface area contributed by atoms with Crippen molar-refractivity contribution in [3.8, 4) is 11.3 Å². The maximum absolute atomic E-state index is 13.8. The van der Waals surface area contributed by atoms with E-state index in [9.17, 15) is 9.50 Å².